The minimum absolute atomic E-state index is 0.0140. The maximum atomic E-state index is 14.2. The highest BCUT2D eigenvalue weighted by molar-refractivity contribution is 6.30. The summed E-state index contributed by atoms with van der Waals surface area (Å²) in [7, 11) is 3.53. The molecule has 2 aliphatic heterocycles. The lowest BCUT2D eigenvalue weighted by Crippen LogP contribution is -2.30. The summed E-state index contributed by atoms with van der Waals surface area (Å²) in [6, 6.07) is 16.7. The Morgan fingerprint density at radius 1 is 1.05 bits per heavy atom. The first kappa shape index (κ1) is 24.5. The Bertz CT molecular complexity index is 1810. The molecule has 0 aliphatic carbocycles. The van der Waals surface area contributed by atoms with Gasteiger partial charge in [0.15, 0.2) is 17.2 Å². The fourth-order valence-corrected chi connectivity index (χ4v) is 5.83. The molecular formula is C30H26ClN5O4. The molecule has 0 spiro atoms. The molecule has 1 unspecified atom stereocenters. The van der Waals surface area contributed by atoms with Crippen molar-refractivity contribution in [1.29, 1.82) is 0 Å². The lowest BCUT2D eigenvalue weighted by Gasteiger charge is -2.28. The van der Waals surface area contributed by atoms with Crippen LogP contribution >= 0.6 is 11.6 Å². The van der Waals surface area contributed by atoms with Gasteiger partial charge < -0.3 is 18.8 Å². The number of aryl methyl sites for hydroxylation is 1. The Labute approximate surface area is 235 Å². The lowest BCUT2D eigenvalue weighted by atomic mass is 10.0. The third kappa shape index (κ3) is 3.57. The summed E-state index contributed by atoms with van der Waals surface area (Å²) >= 11 is 6.26. The topological polar surface area (TPSA) is 83.6 Å². The second-order valence-corrected chi connectivity index (χ2v) is 10.6. The monoisotopic (exact) mass is 555 g/mol. The van der Waals surface area contributed by atoms with E-state index in [-0.39, 0.29) is 18.7 Å². The van der Waals surface area contributed by atoms with E-state index in [2.05, 4.69) is 23.5 Å². The van der Waals surface area contributed by atoms with Crippen LogP contribution in [0.2, 0.25) is 5.02 Å². The molecule has 2 aromatic heterocycles. The predicted octanol–water partition coefficient (Wildman–Crippen LogP) is 6.16. The first-order valence-electron chi connectivity index (χ1n) is 13.0. The molecule has 7 rings (SSSR count). The van der Waals surface area contributed by atoms with E-state index in [9.17, 15) is 4.79 Å². The van der Waals surface area contributed by atoms with E-state index in [1.807, 2.05) is 67.8 Å². The van der Waals surface area contributed by atoms with Crippen LogP contribution in [0.1, 0.15) is 47.7 Å². The number of fused-ring (bicyclic) bond motifs is 3. The second kappa shape index (κ2) is 9.02. The van der Waals surface area contributed by atoms with Crippen LogP contribution in [0, 0.1) is 0 Å². The first-order chi connectivity index (χ1) is 19.4. The minimum atomic E-state index is -0.447. The molecule has 0 N–H and O–H groups in total. The van der Waals surface area contributed by atoms with Crippen molar-refractivity contribution in [3.8, 4) is 28.6 Å². The molecule has 5 aromatic rings. The number of carbonyl (C=O) groups is 1. The van der Waals surface area contributed by atoms with Crippen molar-refractivity contribution in [2.45, 2.75) is 25.9 Å². The third-order valence-electron chi connectivity index (χ3n) is 7.53. The van der Waals surface area contributed by atoms with Crippen molar-refractivity contribution in [2.75, 3.05) is 18.8 Å². The zero-order chi connectivity index (χ0) is 27.7. The highest BCUT2D eigenvalue weighted by Gasteiger charge is 2.45. The van der Waals surface area contributed by atoms with Crippen molar-refractivity contribution < 1.29 is 19.0 Å². The largest absolute Gasteiger partial charge is 0.496 e. The van der Waals surface area contributed by atoms with E-state index in [0.29, 0.717) is 39.5 Å². The molecule has 1 atom stereocenters. The number of benzene rings is 3. The number of aromatic nitrogens is 4. The van der Waals surface area contributed by atoms with Gasteiger partial charge >= 0.3 is 0 Å². The average molecular weight is 556 g/mol. The van der Waals surface area contributed by atoms with Gasteiger partial charge in [-0.15, -0.1) is 0 Å². The van der Waals surface area contributed by atoms with E-state index in [0.717, 1.165) is 27.7 Å². The van der Waals surface area contributed by atoms with Crippen molar-refractivity contribution >= 4 is 34.1 Å². The number of hydrogen-bond donors (Lipinski definition) is 0. The van der Waals surface area contributed by atoms with Crippen molar-refractivity contribution in [3.63, 3.8) is 0 Å². The van der Waals surface area contributed by atoms with Crippen molar-refractivity contribution in [2.24, 2.45) is 7.05 Å². The number of hydrogen-bond acceptors (Lipinski definition) is 6. The Hall–Kier alpha value is -4.50. The maximum absolute atomic E-state index is 14.2. The Kier molecular flexibility index (Phi) is 5.54. The summed E-state index contributed by atoms with van der Waals surface area (Å²) in [5, 5.41) is 5.97. The standard InChI is InChI=1S/C30H26ClN5O4/c1-16(2)35-28-26(33-29(35)21-11-18-14-32-34(3)22(18)13-24(21)38-4)30(37)36(27(28)17-5-7-19(31)8-6-17)20-9-10-23-25(12-20)40-15-39-23/h5-14,16,27H,15H2,1-4H3. The highest BCUT2D eigenvalue weighted by Crippen LogP contribution is 2.47. The number of rotatable bonds is 5. The van der Waals surface area contributed by atoms with Crippen LogP contribution in [0.3, 0.4) is 0 Å². The minimum Gasteiger partial charge on any atom is -0.496 e. The quantitative estimate of drug-likeness (QED) is 0.258. The smallest absolute Gasteiger partial charge is 0.279 e. The molecule has 9 nitrogen and oxygen atoms in total. The Balaban J connectivity index is 1.46. The molecule has 4 heterocycles. The summed E-state index contributed by atoms with van der Waals surface area (Å²) in [5.74, 6) is 2.38. The van der Waals surface area contributed by atoms with Gasteiger partial charge in [-0.05, 0) is 49.7 Å². The van der Waals surface area contributed by atoms with Crippen LogP contribution in [0.4, 0.5) is 5.69 Å². The molecule has 0 bridgehead atoms. The van der Waals surface area contributed by atoms with E-state index >= 15 is 0 Å². The number of nitrogens with zero attached hydrogens (tertiary/aromatic N) is 5. The first-order valence-corrected chi connectivity index (χ1v) is 13.3. The molecule has 3 aromatic carbocycles. The van der Waals surface area contributed by atoms with Gasteiger partial charge in [0.2, 0.25) is 6.79 Å². The molecule has 0 saturated heterocycles. The van der Waals surface area contributed by atoms with Crippen LogP contribution in [-0.4, -0.2) is 39.1 Å². The number of amides is 1. The van der Waals surface area contributed by atoms with Crippen LogP contribution in [-0.2, 0) is 7.05 Å². The summed E-state index contributed by atoms with van der Waals surface area (Å²) < 4.78 is 20.9. The van der Waals surface area contributed by atoms with Gasteiger partial charge in [0.05, 0.1) is 30.1 Å². The summed E-state index contributed by atoms with van der Waals surface area (Å²) in [4.78, 5) is 21.0. The van der Waals surface area contributed by atoms with Gasteiger partial charge in [0.25, 0.3) is 5.91 Å². The van der Waals surface area contributed by atoms with Gasteiger partial charge in [-0.25, -0.2) is 4.98 Å². The van der Waals surface area contributed by atoms with Crippen LogP contribution < -0.4 is 19.1 Å². The van der Waals surface area contributed by atoms with Crippen molar-refractivity contribution in [3.05, 3.63) is 82.8 Å². The molecule has 1 amide bonds. The molecule has 10 heteroatoms. The number of halogens is 1. The summed E-state index contributed by atoms with van der Waals surface area (Å²) in [6.07, 6.45) is 1.82. The second-order valence-electron chi connectivity index (χ2n) is 10.2. The highest BCUT2D eigenvalue weighted by atomic mass is 35.5. The van der Waals surface area contributed by atoms with Gasteiger partial charge in [0, 0.05) is 41.3 Å². The lowest BCUT2D eigenvalue weighted by molar-refractivity contribution is 0.0989. The zero-order valence-corrected chi connectivity index (χ0v) is 23.1. The van der Waals surface area contributed by atoms with Gasteiger partial charge in [0.1, 0.15) is 17.6 Å². The number of ether oxygens (including phenoxy) is 3. The van der Waals surface area contributed by atoms with Crippen LogP contribution in [0.5, 0.6) is 17.2 Å². The SMILES string of the molecule is COc1cc2c(cnn2C)cc1-c1nc2c(n1C(C)C)C(c1ccc(Cl)cc1)N(c1ccc3c(c1)OCO3)C2=O. The molecule has 0 radical (unpaired) electrons. The molecule has 2 aliphatic rings. The number of imidazole rings is 1. The van der Waals surface area contributed by atoms with E-state index in [1.54, 1.807) is 16.7 Å². The van der Waals surface area contributed by atoms with Gasteiger partial charge in [-0.2, -0.15) is 5.10 Å². The maximum Gasteiger partial charge on any atom is 0.279 e. The van der Waals surface area contributed by atoms with Gasteiger partial charge in [-0.1, -0.05) is 23.7 Å². The van der Waals surface area contributed by atoms with Crippen LogP contribution in [0.15, 0.2) is 60.8 Å². The zero-order valence-electron chi connectivity index (χ0n) is 22.4. The van der Waals surface area contributed by atoms with Gasteiger partial charge in [-0.3, -0.25) is 14.4 Å². The molecule has 0 saturated carbocycles. The molecule has 202 valence electrons. The Morgan fingerprint density at radius 2 is 1.82 bits per heavy atom. The fraction of sp³-hybridized carbons (Fsp3) is 0.233. The van der Waals surface area contributed by atoms with Crippen LogP contribution in [0.25, 0.3) is 22.3 Å². The van der Waals surface area contributed by atoms with E-state index in [4.69, 9.17) is 30.8 Å². The Morgan fingerprint density at radius 3 is 2.58 bits per heavy atom. The van der Waals surface area contributed by atoms with Crippen molar-refractivity contribution in [1.82, 2.24) is 19.3 Å². The average Bonchev–Trinajstić information content (AvgIpc) is 3.71. The fourth-order valence-electron chi connectivity index (χ4n) is 5.71. The number of anilines is 1. The van der Waals surface area contributed by atoms with E-state index < -0.39 is 6.04 Å². The normalized spacial score (nSPS) is 15.9. The number of methoxy groups -OCH3 is 1. The molecule has 40 heavy (non-hydrogen) atoms. The molecule has 0 fully saturated rings. The third-order valence-corrected chi connectivity index (χ3v) is 7.78. The number of carbonyl (C=O) groups excluding carboxylic acids is 1. The van der Waals surface area contributed by atoms with E-state index in [1.165, 1.54) is 0 Å². The summed E-state index contributed by atoms with van der Waals surface area (Å²) in [5.41, 5.74) is 4.55. The summed E-state index contributed by atoms with van der Waals surface area (Å²) in [6.45, 7) is 4.33. The molecular weight excluding hydrogens is 530 g/mol. The predicted molar refractivity (Wildman–Crippen MR) is 152 cm³/mol.